The molecule has 5 aliphatic rings. The number of hydrogen-bond donors (Lipinski definition) is 0. The average molecular weight is 1780 g/mol. The van der Waals surface area contributed by atoms with E-state index in [0.717, 1.165) is 51.2 Å². The molecular weight excluding hydrogens is 1690 g/mol. The molecule has 3 aromatic heterocycles. The highest BCUT2D eigenvalue weighted by molar-refractivity contribution is 8.00. The molecule has 6 heterocycles. The zero-order chi connectivity index (χ0) is 89.5. The minimum Gasteiger partial charge on any atom is -0.311 e. The lowest BCUT2D eigenvalue weighted by molar-refractivity contribution is 0.660. The summed E-state index contributed by atoms with van der Waals surface area (Å²) in [5, 5.41) is 16.2. The molecular formula is C126H86N6S3. The Kier molecular flexibility index (Phi) is 18.1. The molecule has 0 saturated heterocycles. The Balaban J connectivity index is 0.000000103. The van der Waals surface area contributed by atoms with Gasteiger partial charge in [0.2, 0.25) is 0 Å². The number of aromatic nitrogens is 3. The normalized spacial score (nSPS) is 13.4. The van der Waals surface area contributed by atoms with Gasteiger partial charge in [-0.3, -0.25) is 0 Å². The number of fused-ring (bicyclic) bond motifs is 6. The maximum absolute atomic E-state index is 2.45. The predicted octanol–water partition coefficient (Wildman–Crippen LogP) is 35.9. The van der Waals surface area contributed by atoms with Gasteiger partial charge < -0.3 is 28.4 Å². The van der Waals surface area contributed by atoms with Gasteiger partial charge in [-0.25, -0.2) is 0 Å². The van der Waals surface area contributed by atoms with Crippen molar-refractivity contribution in [2.45, 2.75) is 67.9 Å². The van der Waals surface area contributed by atoms with E-state index in [2.05, 4.69) is 505 Å². The predicted molar refractivity (Wildman–Crippen MR) is 572 cm³/mol. The van der Waals surface area contributed by atoms with Crippen molar-refractivity contribution >= 4 is 184 Å². The molecule has 0 saturated carbocycles. The molecule has 9 heteroatoms. The van der Waals surface area contributed by atoms with Crippen molar-refractivity contribution in [2.75, 3.05) is 14.7 Å². The monoisotopic (exact) mass is 1780 g/mol. The molecule has 3 aliphatic heterocycles. The van der Waals surface area contributed by atoms with E-state index in [0.29, 0.717) is 0 Å². The molecule has 21 aromatic carbocycles. The van der Waals surface area contributed by atoms with Gasteiger partial charge in [0.05, 0.1) is 33.1 Å². The fourth-order valence-electron chi connectivity index (χ4n) is 22.7. The van der Waals surface area contributed by atoms with Crippen molar-refractivity contribution in [3.05, 3.63) is 471 Å². The molecule has 135 heavy (non-hydrogen) atoms. The molecule has 638 valence electrons. The van der Waals surface area contributed by atoms with Crippen molar-refractivity contribution in [1.29, 1.82) is 0 Å². The van der Waals surface area contributed by atoms with Crippen LogP contribution in [0.1, 0.15) is 49.9 Å². The standard InChI is InChI=1S/2C43H30N2S.C40H26N2S/c1-43(2)34-14-7-6-13-32(34)33-26-31(23-24-35(33)43)44(28-11-4-3-5-12-28)29-19-21-30(22-20-29)45-36-15-9-17-39-41(36)42-37(45)25-18-27-10-8-16-38(46-39)40(27)42;1-43(2)34-14-7-6-13-32(34)33-24-23-31(26-35(33)43)44(28-11-4-3-5-12-28)29-19-21-30(22-20-29)45-36-15-9-17-39-41(36)42-37(45)25-18-27-10-8-16-38(46-39)40(27)42;1-3-9-27(10-4-1)28-17-20-31(21-18-28)41(30-12-5-2-6-13-30)32-22-24-33(25-23-32)42-34-14-8-16-37-39(34)40-35(42)26-19-29-11-7-15-36(43-37)38(29)40/h2*3-26H,1-2H3;1-26H. The van der Waals surface area contributed by atoms with E-state index < -0.39 is 0 Å². The van der Waals surface area contributed by atoms with E-state index in [1.54, 1.807) is 0 Å². The fourth-order valence-corrected chi connectivity index (χ4v) is 26.2. The molecule has 29 rings (SSSR count). The van der Waals surface area contributed by atoms with Crippen LogP contribution < -0.4 is 14.7 Å². The van der Waals surface area contributed by atoms with Crippen LogP contribution >= 0.6 is 35.3 Å². The summed E-state index contributed by atoms with van der Waals surface area (Å²) in [4.78, 5) is 15.1. The molecule has 24 aromatic rings. The maximum atomic E-state index is 2.45. The number of hydrogen-bond acceptors (Lipinski definition) is 6. The second-order valence-corrected chi connectivity index (χ2v) is 40.2. The third kappa shape index (κ3) is 12.4. The summed E-state index contributed by atoms with van der Waals surface area (Å²) >= 11 is 5.67. The van der Waals surface area contributed by atoms with Crippen LogP contribution in [0.25, 0.3) is 148 Å². The molecule has 0 spiro atoms. The Morgan fingerprint density at radius 3 is 0.852 bits per heavy atom. The average Bonchev–Trinajstić information content (AvgIpc) is 1.56. The topological polar surface area (TPSA) is 24.5 Å². The molecule has 2 aliphatic carbocycles. The summed E-state index contributed by atoms with van der Waals surface area (Å²) in [6, 6.07) is 164. The fraction of sp³-hybridized carbons (Fsp3) is 0.0476. The van der Waals surface area contributed by atoms with E-state index in [4.69, 9.17) is 0 Å². The van der Waals surface area contributed by atoms with Gasteiger partial charge in [-0.05, 0) is 290 Å². The second-order valence-electron chi connectivity index (χ2n) is 37.0. The van der Waals surface area contributed by atoms with Gasteiger partial charge in [-0.2, -0.15) is 0 Å². The van der Waals surface area contributed by atoms with Gasteiger partial charge in [0.15, 0.2) is 0 Å². The summed E-state index contributed by atoms with van der Waals surface area (Å²) < 4.78 is 7.32. The van der Waals surface area contributed by atoms with Crippen LogP contribution in [0.15, 0.2) is 478 Å². The van der Waals surface area contributed by atoms with Crippen molar-refractivity contribution < 1.29 is 0 Å². The van der Waals surface area contributed by atoms with E-state index >= 15 is 0 Å². The van der Waals surface area contributed by atoms with Crippen molar-refractivity contribution in [3.8, 4) is 50.4 Å². The van der Waals surface area contributed by atoms with E-state index in [1.165, 1.54) is 200 Å². The first-order valence-corrected chi connectivity index (χ1v) is 49.0. The largest absolute Gasteiger partial charge is 0.311 e. The molecule has 0 amide bonds. The SMILES string of the molecule is CC1(C)c2ccccc2-c2cc(N(c3ccccc3)c3ccc(-n4c5cccc6c5c5c7c(cccc7ccc54)S6)cc3)ccc21.CC1(C)c2ccccc2-c2ccc(N(c3ccccc3)c3ccc(-n4c5cccc6c5c5c7c(cccc7ccc54)S6)cc3)cc21.c1ccc(-c2ccc(N(c3ccccc3)c3ccc(-n4c5cccc6c5c5c7c(cccc7ccc54)S6)cc3)cc2)cc1. The lowest BCUT2D eigenvalue weighted by Gasteiger charge is -2.28. The highest BCUT2D eigenvalue weighted by Gasteiger charge is 2.39. The molecule has 0 atom stereocenters. The van der Waals surface area contributed by atoms with Crippen LogP contribution in [0.3, 0.4) is 0 Å². The third-order valence-corrected chi connectivity index (χ3v) is 32.2. The number of nitrogens with zero attached hydrogens (tertiary/aromatic N) is 6. The summed E-state index contributed by atoms with van der Waals surface area (Å²) in [6.45, 7) is 9.38. The number of rotatable bonds is 13. The van der Waals surface area contributed by atoms with Gasteiger partial charge in [-0.15, -0.1) is 0 Å². The van der Waals surface area contributed by atoms with Gasteiger partial charge in [0, 0.05) is 157 Å². The molecule has 6 nitrogen and oxygen atoms in total. The van der Waals surface area contributed by atoms with Crippen LogP contribution in [-0.4, -0.2) is 13.7 Å². The van der Waals surface area contributed by atoms with Crippen LogP contribution in [0.4, 0.5) is 51.2 Å². The molecule has 0 radical (unpaired) electrons. The lowest BCUT2D eigenvalue weighted by atomic mass is 9.82. The number of anilines is 9. The summed E-state index contributed by atoms with van der Waals surface area (Å²) in [5.74, 6) is 0. The molecule has 0 unspecified atom stereocenters. The third-order valence-electron chi connectivity index (χ3n) is 28.8. The Morgan fingerprint density at radius 1 is 0.178 bits per heavy atom. The van der Waals surface area contributed by atoms with Crippen LogP contribution in [0.5, 0.6) is 0 Å². The maximum Gasteiger partial charge on any atom is 0.0552 e. The van der Waals surface area contributed by atoms with Gasteiger partial charge >= 0.3 is 0 Å². The van der Waals surface area contributed by atoms with E-state index in [-0.39, 0.29) is 10.8 Å². The molecule has 0 fully saturated rings. The summed E-state index contributed by atoms with van der Waals surface area (Å²) in [5.41, 5.74) is 34.6. The molecule has 0 N–H and O–H groups in total. The van der Waals surface area contributed by atoms with Gasteiger partial charge in [0.25, 0.3) is 0 Å². The Morgan fingerprint density at radius 2 is 0.452 bits per heavy atom. The van der Waals surface area contributed by atoms with Crippen LogP contribution in [0, 0.1) is 0 Å². The molecule has 0 bridgehead atoms. The lowest BCUT2D eigenvalue weighted by Crippen LogP contribution is -2.16. The smallest absolute Gasteiger partial charge is 0.0552 e. The summed E-state index contributed by atoms with van der Waals surface area (Å²) in [7, 11) is 0. The van der Waals surface area contributed by atoms with E-state index in [9.17, 15) is 0 Å². The van der Waals surface area contributed by atoms with Crippen molar-refractivity contribution in [1.82, 2.24) is 13.7 Å². The highest BCUT2D eigenvalue weighted by Crippen LogP contribution is 2.58. The van der Waals surface area contributed by atoms with Crippen LogP contribution in [-0.2, 0) is 10.8 Å². The minimum absolute atomic E-state index is 0.0160. The first-order chi connectivity index (χ1) is 66.5. The number of para-hydroxylation sites is 3. The zero-order valence-corrected chi connectivity index (χ0v) is 77.1. The van der Waals surface area contributed by atoms with E-state index in [1.807, 2.05) is 35.3 Å². The Hall–Kier alpha value is -15.8. The first kappa shape index (κ1) is 79.0. The highest BCUT2D eigenvalue weighted by atomic mass is 32.2. The number of benzene rings is 21. The Bertz CT molecular complexity index is 8990. The Labute approximate surface area is 795 Å². The first-order valence-electron chi connectivity index (χ1n) is 46.5. The minimum atomic E-state index is -0.0600. The van der Waals surface area contributed by atoms with Crippen molar-refractivity contribution in [3.63, 3.8) is 0 Å². The second kappa shape index (κ2) is 30.9. The van der Waals surface area contributed by atoms with Gasteiger partial charge in [-0.1, -0.05) is 294 Å². The van der Waals surface area contributed by atoms with Crippen LogP contribution in [0.2, 0.25) is 0 Å². The zero-order valence-electron chi connectivity index (χ0n) is 74.6. The quantitative estimate of drug-likeness (QED) is 0.114. The van der Waals surface area contributed by atoms with Crippen molar-refractivity contribution in [2.24, 2.45) is 0 Å². The summed E-state index contributed by atoms with van der Waals surface area (Å²) in [6.07, 6.45) is 0. The van der Waals surface area contributed by atoms with Gasteiger partial charge in [0.1, 0.15) is 0 Å².